The van der Waals surface area contributed by atoms with Gasteiger partial charge in [0.05, 0.1) is 12.0 Å². The van der Waals surface area contributed by atoms with Crippen molar-refractivity contribution in [1.82, 2.24) is 9.80 Å². The predicted molar refractivity (Wildman–Crippen MR) is 197 cm³/mol. The number of likely N-dealkylation sites (N-methyl/N-ethyl adjacent to an activating group) is 1. The van der Waals surface area contributed by atoms with Crippen molar-refractivity contribution >= 4 is 17.8 Å². The van der Waals surface area contributed by atoms with E-state index in [-0.39, 0.29) is 24.0 Å². The van der Waals surface area contributed by atoms with Gasteiger partial charge in [0.15, 0.2) is 0 Å². The highest BCUT2D eigenvalue weighted by molar-refractivity contribution is 5.93. The molecule has 4 rings (SSSR count). The molecular formula is C41H60N2O7. The van der Waals surface area contributed by atoms with Crippen molar-refractivity contribution in [2.24, 2.45) is 10.8 Å². The highest BCUT2D eigenvalue weighted by Gasteiger charge is 2.44. The Labute approximate surface area is 299 Å². The summed E-state index contributed by atoms with van der Waals surface area (Å²) in [5.41, 5.74) is 5.53. The number of piperazine rings is 1. The number of nitrogens with zero attached hydrogens (tertiary/aromatic N) is 2. The number of rotatable bonds is 12. The predicted octanol–water partition coefficient (Wildman–Crippen LogP) is 4.72. The van der Waals surface area contributed by atoms with E-state index >= 15 is 0 Å². The SMILES string of the molecule is CCN1CCN(C(=O)C(C)(C)CC(=O)C(C)(C)/C=C/c2ccc(Cc3cc([C@@H]4O[C@H](CO)[C@H](O)[C@H](O)[C@@H]4O)c(C)cc3C(C)C)c(C)c2)CC1. The molecule has 9 nitrogen and oxygen atoms in total. The molecule has 0 bridgehead atoms. The molecular weight excluding hydrogens is 632 g/mol. The number of aliphatic hydroxyl groups excluding tert-OH is 4. The fourth-order valence-electron chi connectivity index (χ4n) is 7.17. The van der Waals surface area contributed by atoms with E-state index in [9.17, 15) is 30.0 Å². The fraction of sp³-hybridized carbons (Fsp3) is 0.610. The summed E-state index contributed by atoms with van der Waals surface area (Å²) in [7, 11) is 0. The molecule has 2 aromatic carbocycles. The quantitative estimate of drug-likeness (QED) is 0.252. The van der Waals surface area contributed by atoms with Crippen LogP contribution in [0.4, 0.5) is 0 Å². The minimum absolute atomic E-state index is 0.0310. The number of aryl methyl sites for hydroxylation is 2. The van der Waals surface area contributed by atoms with E-state index < -0.39 is 48.0 Å². The normalized spacial score (nSPS) is 24.0. The molecule has 4 N–H and O–H groups in total. The monoisotopic (exact) mass is 692 g/mol. The smallest absolute Gasteiger partial charge is 0.228 e. The van der Waals surface area contributed by atoms with E-state index in [0.29, 0.717) is 25.1 Å². The van der Waals surface area contributed by atoms with Crippen LogP contribution in [0.3, 0.4) is 0 Å². The van der Waals surface area contributed by atoms with Gasteiger partial charge in [-0.25, -0.2) is 0 Å². The van der Waals surface area contributed by atoms with Crippen LogP contribution in [-0.4, -0.2) is 106 Å². The lowest BCUT2D eigenvalue weighted by molar-refractivity contribution is -0.231. The third kappa shape index (κ3) is 8.92. The molecule has 9 heteroatoms. The first-order valence-electron chi connectivity index (χ1n) is 18.2. The number of aliphatic hydroxyl groups is 4. The van der Waals surface area contributed by atoms with Gasteiger partial charge in [0.1, 0.15) is 36.3 Å². The molecule has 2 aliphatic rings. The number of amides is 1. The van der Waals surface area contributed by atoms with Crippen molar-refractivity contribution in [3.63, 3.8) is 0 Å². The molecule has 0 spiro atoms. The Balaban J connectivity index is 1.49. The lowest BCUT2D eigenvalue weighted by Crippen LogP contribution is -2.55. The standard InChI is InChI=1S/C41H60N2O7/c1-10-42-15-17-43(18-16-42)39(49)41(8,9)23-34(45)40(6,7)14-13-28-11-12-29(26(4)19-28)21-30-22-32(27(5)20-31(30)25(2)3)38-37(48)36(47)35(46)33(24-44)50-38/h11-14,19-20,22,25,33,35-38,44,46-48H,10,15-18,21,23-24H2,1-9H3/b14-13+/t33-,35+,36+,37+,38+/m1/s1. The first-order valence-corrected chi connectivity index (χ1v) is 18.2. The highest BCUT2D eigenvalue weighted by Crippen LogP contribution is 2.37. The molecule has 2 fully saturated rings. The Morgan fingerprint density at radius 3 is 2.16 bits per heavy atom. The van der Waals surface area contributed by atoms with Crippen molar-refractivity contribution in [3.05, 3.63) is 75.4 Å². The van der Waals surface area contributed by atoms with Crippen LogP contribution in [0.1, 0.15) is 106 Å². The first kappa shape index (κ1) is 39.9. The van der Waals surface area contributed by atoms with E-state index in [0.717, 1.165) is 47.5 Å². The third-order valence-electron chi connectivity index (χ3n) is 10.8. The minimum atomic E-state index is -1.44. The van der Waals surface area contributed by atoms with Crippen LogP contribution in [-0.2, 0) is 20.7 Å². The zero-order valence-electron chi connectivity index (χ0n) is 31.6. The minimum Gasteiger partial charge on any atom is -0.394 e. The Morgan fingerprint density at radius 2 is 1.58 bits per heavy atom. The summed E-state index contributed by atoms with van der Waals surface area (Å²) >= 11 is 0. The van der Waals surface area contributed by atoms with E-state index in [4.69, 9.17) is 4.74 Å². The Hall–Kier alpha value is -2.92. The lowest BCUT2D eigenvalue weighted by atomic mass is 9.76. The van der Waals surface area contributed by atoms with Crippen LogP contribution >= 0.6 is 0 Å². The average Bonchev–Trinajstić information content (AvgIpc) is 3.07. The summed E-state index contributed by atoms with van der Waals surface area (Å²) in [5, 5.41) is 41.4. The zero-order chi connectivity index (χ0) is 37.1. The summed E-state index contributed by atoms with van der Waals surface area (Å²) in [6.07, 6.45) is -1.34. The van der Waals surface area contributed by atoms with Crippen LogP contribution in [0.15, 0.2) is 36.4 Å². The third-order valence-corrected chi connectivity index (χ3v) is 10.8. The van der Waals surface area contributed by atoms with Gasteiger partial charge in [-0.1, -0.05) is 77.1 Å². The van der Waals surface area contributed by atoms with E-state index in [1.165, 1.54) is 5.56 Å². The maximum absolute atomic E-state index is 13.6. The van der Waals surface area contributed by atoms with Crippen molar-refractivity contribution in [3.8, 4) is 0 Å². The molecule has 0 radical (unpaired) electrons. The van der Waals surface area contributed by atoms with Crippen molar-refractivity contribution in [2.45, 2.75) is 112 Å². The second kappa shape index (κ2) is 16.2. The number of carbonyl (C=O) groups excluding carboxylic acids is 2. The molecule has 276 valence electrons. The van der Waals surface area contributed by atoms with E-state index in [2.05, 4.69) is 50.8 Å². The molecule has 0 aliphatic carbocycles. The maximum Gasteiger partial charge on any atom is 0.228 e. The van der Waals surface area contributed by atoms with Gasteiger partial charge in [0, 0.05) is 38.0 Å². The lowest BCUT2D eigenvalue weighted by Gasteiger charge is -2.41. The molecule has 2 aromatic rings. The number of ether oxygens (including phenoxy) is 1. The molecule has 2 saturated heterocycles. The first-order chi connectivity index (χ1) is 23.4. The van der Waals surface area contributed by atoms with Gasteiger partial charge in [-0.15, -0.1) is 0 Å². The Kier molecular flexibility index (Phi) is 12.9. The van der Waals surface area contributed by atoms with Gasteiger partial charge in [-0.05, 0) is 85.5 Å². The number of hydrogen-bond acceptors (Lipinski definition) is 8. The summed E-state index contributed by atoms with van der Waals surface area (Å²) in [6.45, 7) is 21.6. The molecule has 0 aromatic heterocycles. The van der Waals surface area contributed by atoms with Crippen LogP contribution in [0, 0.1) is 24.7 Å². The maximum atomic E-state index is 13.6. The Morgan fingerprint density at radius 1 is 0.920 bits per heavy atom. The van der Waals surface area contributed by atoms with Crippen molar-refractivity contribution in [1.29, 1.82) is 0 Å². The van der Waals surface area contributed by atoms with Crippen LogP contribution in [0.2, 0.25) is 0 Å². The summed E-state index contributed by atoms with van der Waals surface area (Å²) < 4.78 is 5.92. The largest absolute Gasteiger partial charge is 0.394 e. The van der Waals surface area contributed by atoms with E-state index in [1.54, 1.807) is 0 Å². The van der Waals surface area contributed by atoms with E-state index in [1.807, 2.05) is 63.8 Å². The van der Waals surface area contributed by atoms with Gasteiger partial charge in [-0.2, -0.15) is 0 Å². The van der Waals surface area contributed by atoms with Crippen LogP contribution < -0.4 is 0 Å². The van der Waals surface area contributed by atoms with Crippen molar-refractivity contribution in [2.75, 3.05) is 39.3 Å². The van der Waals surface area contributed by atoms with Gasteiger partial charge in [-0.3, -0.25) is 9.59 Å². The number of ketones is 1. The number of allylic oxidation sites excluding steroid dienone is 1. The number of hydrogen-bond donors (Lipinski definition) is 4. The van der Waals surface area contributed by atoms with Gasteiger partial charge in [0.2, 0.25) is 5.91 Å². The molecule has 0 unspecified atom stereocenters. The van der Waals surface area contributed by atoms with Crippen LogP contribution in [0.5, 0.6) is 0 Å². The fourth-order valence-corrected chi connectivity index (χ4v) is 7.17. The topological polar surface area (TPSA) is 131 Å². The molecule has 2 heterocycles. The van der Waals surface area contributed by atoms with Crippen molar-refractivity contribution < 1.29 is 34.8 Å². The summed E-state index contributed by atoms with van der Waals surface area (Å²) in [5.74, 6) is 0.312. The zero-order valence-corrected chi connectivity index (χ0v) is 31.6. The average molecular weight is 693 g/mol. The van der Waals surface area contributed by atoms with Gasteiger partial charge >= 0.3 is 0 Å². The number of Topliss-reactive ketones (excluding diaryl/α,β-unsaturated/α-hetero) is 1. The van der Waals surface area contributed by atoms with Gasteiger partial charge < -0.3 is 35.0 Å². The highest BCUT2D eigenvalue weighted by atomic mass is 16.5. The number of carbonyl (C=O) groups is 2. The molecule has 5 atom stereocenters. The second-order valence-corrected chi connectivity index (χ2v) is 15.9. The second-order valence-electron chi connectivity index (χ2n) is 15.9. The van der Waals surface area contributed by atoms with Gasteiger partial charge in [0.25, 0.3) is 0 Å². The summed E-state index contributed by atoms with van der Waals surface area (Å²) in [6, 6.07) is 10.4. The van der Waals surface area contributed by atoms with Crippen LogP contribution in [0.25, 0.3) is 6.08 Å². The Bertz CT molecular complexity index is 1540. The molecule has 0 saturated carbocycles. The molecule has 50 heavy (non-hydrogen) atoms. The summed E-state index contributed by atoms with van der Waals surface area (Å²) in [4.78, 5) is 31.2. The molecule has 1 amide bonds. The number of benzene rings is 2. The molecule has 2 aliphatic heterocycles.